The second-order valence-corrected chi connectivity index (χ2v) is 8.09. The number of halogens is 18. The highest BCUT2D eigenvalue weighted by atomic mass is 32.2. The molecule has 0 rings (SSSR count). The summed E-state index contributed by atoms with van der Waals surface area (Å²) in [6.45, 7) is 0. The molecule has 2 N–H and O–H groups in total. The largest absolute Gasteiger partial charge is 0.743 e. The lowest BCUT2D eigenvalue weighted by Gasteiger charge is -2.43. The van der Waals surface area contributed by atoms with Crippen molar-refractivity contribution in [3.05, 3.63) is 0 Å². The summed E-state index contributed by atoms with van der Waals surface area (Å²) in [4.78, 5) is 0. The normalized spacial score (nSPS) is 16.4. The Bertz CT molecular complexity index is 838. The molecule has 0 aliphatic heterocycles. The Morgan fingerprint density at radius 1 is 0.639 bits per heavy atom. The van der Waals surface area contributed by atoms with Crippen LogP contribution in [-0.2, 0) is 10.1 Å². The van der Waals surface area contributed by atoms with E-state index in [1.807, 2.05) is 19.4 Å². The summed E-state index contributed by atoms with van der Waals surface area (Å²) in [6, 6.07) is 0. The summed E-state index contributed by atoms with van der Waals surface area (Å²) in [5.41, 5.74) is 0. The van der Waals surface area contributed by atoms with Gasteiger partial charge in [0, 0.05) is 6.42 Å². The predicted octanol–water partition coefficient (Wildman–Crippen LogP) is 4.43. The van der Waals surface area contributed by atoms with Crippen LogP contribution in [0.25, 0.3) is 0 Å². The molecule has 0 aromatic heterocycles. The number of rotatable bonds is 10. The summed E-state index contributed by atoms with van der Waals surface area (Å²) in [6.07, 6.45) is -16.5. The van der Waals surface area contributed by atoms with Gasteiger partial charge in [0.15, 0.2) is 16.3 Å². The van der Waals surface area contributed by atoms with Gasteiger partial charge in [0.1, 0.15) is 0 Å². The third-order valence-corrected chi connectivity index (χ3v) is 4.63. The van der Waals surface area contributed by atoms with Gasteiger partial charge in [-0.15, -0.1) is 0 Å². The Morgan fingerprint density at radius 3 is 1.19 bits per heavy atom. The van der Waals surface area contributed by atoms with Crippen molar-refractivity contribution in [1.82, 2.24) is 0 Å². The molecule has 0 saturated carbocycles. The summed E-state index contributed by atoms with van der Waals surface area (Å²) >= 11 is 0. The van der Waals surface area contributed by atoms with Crippen molar-refractivity contribution in [3.8, 4) is 0 Å². The van der Waals surface area contributed by atoms with Gasteiger partial charge in [-0.3, -0.25) is 0 Å². The average molecular weight is 605 g/mol. The first-order valence-corrected chi connectivity index (χ1v) is 9.75. The van der Waals surface area contributed by atoms with Crippen molar-refractivity contribution in [2.45, 2.75) is 66.0 Å². The van der Waals surface area contributed by atoms with Crippen LogP contribution in [0, 0.1) is 0 Å². The van der Waals surface area contributed by atoms with E-state index in [1.54, 1.807) is 0 Å². The summed E-state index contributed by atoms with van der Waals surface area (Å²) in [7, 11) is -4.14. The minimum atomic E-state index is -8.81. The van der Waals surface area contributed by atoms with E-state index in [4.69, 9.17) is 0 Å². The van der Waals surface area contributed by atoms with E-state index in [-0.39, 0.29) is 0 Å². The van der Waals surface area contributed by atoms with Crippen LogP contribution in [0.15, 0.2) is 0 Å². The highest BCUT2D eigenvalue weighted by Crippen LogP contribution is 2.63. The van der Waals surface area contributed by atoms with Gasteiger partial charge >= 0.3 is 47.0 Å². The highest BCUT2D eigenvalue weighted by molar-refractivity contribution is 7.86. The van der Waals surface area contributed by atoms with E-state index in [0.29, 0.717) is 0 Å². The van der Waals surface area contributed by atoms with Crippen LogP contribution in [0.1, 0.15) is 12.8 Å². The van der Waals surface area contributed by atoms with Gasteiger partial charge in [0.25, 0.3) is 0 Å². The van der Waals surface area contributed by atoms with Crippen LogP contribution in [0.3, 0.4) is 0 Å². The number of nitrogens with two attached hydrogens (primary N) is 1. The van der Waals surface area contributed by atoms with Crippen LogP contribution in [0.2, 0.25) is 0 Å². The van der Waals surface area contributed by atoms with Gasteiger partial charge in [-0.25, -0.2) is 12.8 Å². The maximum absolute atomic E-state index is 13.4. The predicted molar refractivity (Wildman–Crippen MR) is 78.3 cm³/mol. The van der Waals surface area contributed by atoms with E-state index < -0.39 is 76.1 Å². The molecular formula is C13H13F18NO3S. The molecule has 23 heteroatoms. The molecule has 0 fully saturated rings. The molecule has 0 amide bonds. The lowest BCUT2D eigenvalue weighted by Crippen LogP contribution is -2.74. The molecule has 4 nitrogen and oxygen atoms in total. The molecule has 1 atom stereocenters. The molecule has 0 saturated heterocycles. The zero-order valence-electron chi connectivity index (χ0n) is 17.0. The first-order chi connectivity index (χ1) is 15.3. The van der Waals surface area contributed by atoms with Gasteiger partial charge in [-0.05, 0) is 6.42 Å². The Morgan fingerprint density at radius 2 is 0.917 bits per heavy atom. The van der Waals surface area contributed by atoms with Crippen molar-refractivity contribution in [2.75, 3.05) is 14.1 Å². The highest BCUT2D eigenvalue weighted by Gasteiger charge is 2.94. The fourth-order valence-corrected chi connectivity index (χ4v) is 2.25. The summed E-state index contributed by atoms with van der Waals surface area (Å²) in [5.74, 6) is -50.5. The maximum Gasteiger partial charge on any atom is 0.402 e. The fraction of sp³-hybridized carbons (Fsp3) is 1.00. The number of hydrogen-bond donors (Lipinski definition) is 1. The topological polar surface area (TPSA) is 73.8 Å². The molecular weight excluding hydrogens is 592 g/mol. The first-order valence-electron chi connectivity index (χ1n) is 8.34. The Balaban J connectivity index is 0. The smallest absolute Gasteiger partial charge is 0.402 e. The van der Waals surface area contributed by atoms with Crippen molar-refractivity contribution < 1.29 is 97.3 Å². The van der Waals surface area contributed by atoms with E-state index in [2.05, 4.69) is 0 Å². The van der Waals surface area contributed by atoms with Crippen LogP contribution in [0.5, 0.6) is 0 Å². The lowest BCUT2D eigenvalue weighted by atomic mass is 9.89. The van der Waals surface area contributed by atoms with Crippen LogP contribution in [-0.4, -0.2) is 80.2 Å². The second-order valence-electron chi connectivity index (χ2n) is 6.66. The minimum absolute atomic E-state index is 2.00. The van der Waals surface area contributed by atoms with Gasteiger partial charge in [0.2, 0.25) is 0 Å². The van der Waals surface area contributed by atoms with Gasteiger partial charge in [0.05, 0.1) is 14.1 Å². The summed E-state index contributed by atoms with van der Waals surface area (Å²) in [5, 5.41) is -5.93. The minimum Gasteiger partial charge on any atom is -0.743 e. The first kappa shape index (κ1) is 36.8. The molecule has 0 aromatic carbocycles. The zero-order valence-corrected chi connectivity index (χ0v) is 17.8. The number of alkyl halides is 18. The lowest BCUT2D eigenvalue weighted by molar-refractivity contribution is -0.597. The molecule has 220 valence electrons. The fourth-order valence-electron chi connectivity index (χ4n) is 1.81. The molecule has 1 unspecified atom stereocenters. The van der Waals surface area contributed by atoms with Crippen molar-refractivity contribution in [1.29, 1.82) is 0 Å². The van der Waals surface area contributed by atoms with E-state index in [0.717, 1.165) is 0 Å². The standard InChI is InChI=1S/C11H6F18O3S.C2H7N/c12-3(1-2-4(13,14)15)5(16,17)6(18,19)7(20,21)8(22,23)9(24,25)10(26,27)11(28,29)33(30,31)32;1-3-2/h3H,1-2H2,(H,30,31,32);3H,1-2H3. The second kappa shape index (κ2) is 10.4. The van der Waals surface area contributed by atoms with Crippen molar-refractivity contribution in [3.63, 3.8) is 0 Å². The Kier molecular flexibility index (Phi) is 10.6. The van der Waals surface area contributed by atoms with Crippen LogP contribution < -0.4 is 5.32 Å². The van der Waals surface area contributed by atoms with Crippen molar-refractivity contribution >= 4 is 10.1 Å². The number of hydrogen-bond acceptors (Lipinski definition) is 3. The van der Waals surface area contributed by atoms with E-state index >= 15 is 0 Å². The molecule has 0 aliphatic rings. The van der Waals surface area contributed by atoms with Gasteiger partial charge in [-0.2, -0.15) is 74.6 Å². The molecule has 0 heterocycles. The zero-order chi connectivity index (χ0) is 30.2. The SMILES string of the molecule is C[NH2+]C.O=S(=O)([O-])C(F)(F)C(F)(F)C(F)(F)C(F)(F)C(F)(F)C(F)(F)C(F)(F)C(F)CCC(F)(F)F. The monoisotopic (exact) mass is 605 g/mol. The van der Waals surface area contributed by atoms with Crippen molar-refractivity contribution in [2.24, 2.45) is 0 Å². The molecule has 0 radical (unpaired) electrons. The molecule has 0 bridgehead atoms. The van der Waals surface area contributed by atoms with Crippen LogP contribution >= 0.6 is 0 Å². The van der Waals surface area contributed by atoms with Gasteiger partial charge < -0.3 is 9.87 Å². The van der Waals surface area contributed by atoms with E-state index in [9.17, 15) is 92.0 Å². The van der Waals surface area contributed by atoms with Crippen LogP contribution in [0.4, 0.5) is 79.0 Å². The Labute approximate surface area is 188 Å². The quantitative estimate of drug-likeness (QED) is 0.296. The molecule has 0 aliphatic carbocycles. The summed E-state index contributed by atoms with van der Waals surface area (Å²) < 4.78 is 263. The molecule has 36 heavy (non-hydrogen) atoms. The third-order valence-electron chi connectivity index (χ3n) is 3.75. The Hall–Kier alpha value is -1.39. The van der Waals surface area contributed by atoms with Gasteiger partial charge in [-0.1, -0.05) is 0 Å². The maximum atomic E-state index is 13.4. The average Bonchev–Trinajstić information content (AvgIpc) is 2.64. The van der Waals surface area contributed by atoms with E-state index in [1.165, 1.54) is 0 Å². The third kappa shape index (κ3) is 6.01. The number of quaternary nitrogens is 1. The molecule has 0 spiro atoms. The molecule has 0 aromatic rings.